The number of para-hydroxylation sites is 1. The van der Waals surface area contributed by atoms with Crippen molar-refractivity contribution >= 4 is 92.8 Å². The number of hydrogen-bond donors (Lipinski definition) is 2. The number of amides is 2. The van der Waals surface area contributed by atoms with Crippen LogP contribution in [0.5, 0.6) is 0 Å². The maximum Gasteiger partial charge on any atom is 0.271 e. The highest BCUT2D eigenvalue weighted by atomic mass is 35.5. The van der Waals surface area contributed by atoms with E-state index in [2.05, 4.69) is 10.7 Å². The summed E-state index contributed by atoms with van der Waals surface area (Å²) in [6.45, 7) is 0. The van der Waals surface area contributed by atoms with E-state index in [0.717, 1.165) is 5.69 Å². The molecule has 0 saturated heterocycles. The van der Waals surface area contributed by atoms with Gasteiger partial charge in [-0.25, -0.2) is 0 Å². The van der Waals surface area contributed by atoms with E-state index >= 15 is 0 Å². The first-order chi connectivity index (χ1) is 16.5. The van der Waals surface area contributed by atoms with Gasteiger partial charge in [-0.3, -0.25) is 20.0 Å². The average Bonchev–Trinajstić information content (AvgIpc) is 3.40. The maximum atomic E-state index is 13.0. The lowest BCUT2D eigenvalue weighted by Crippen LogP contribution is -2.39. The fourth-order valence-electron chi connectivity index (χ4n) is 3.75. The number of carbonyl (C=O) groups is 2. The Morgan fingerprint density at radius 1 is 0.886 bits per heavy atom. The molecule has 1 saturated carbocycles. The van der Waals surface area contributed by atoms with Gasteiger partial charge in [0.1, 0.15) is 4.33 Å². The van der Waals surface area contributed by atoms with E-state index in [1.165, 1.54) is 12.1 Å². The highest BCUT2D eigenvalue weighted by Crippen LogP contribution is 2.65. The molecule has 3 aromatic carbocycles. The molecule has 0 radical (unpaired) electrons. The third-order valence-electron chi connectivity index (χ3n) is 5.59. The highest BCUT2D eigenvalue weighted by Gasteiger charge is 2.67. The van der Waals surface area contributed by atoms with Crippen LogP contribution in [0.25, 0.3) is 0 Å². The van der Waals surface area contributed by atoms with E-state index in [-0.39, 0.29) is 25.7 Å². The molecule has 1 fully saturated rings. The number of benzene rings is 3. The fraction of sp³-hybridized carbons (Fsp3) is 0.167. The molecular formula is C24H17Cl6N3O2. The topological polar surface area (TPSA) is 61.4 Å². The van der Waals surface area contributed by atoms with Crippen LogP contribution in [0.15, 0.2) is 60.7 Å². The summed E-state index contributed by atoms with van der Waals surface area (Å²) in [4.78, 5) is 25.9. The Kier molecular flexibility index (Phi) is 7.68. The summed E-state index contributed by atoms with van der Waals surface area (Å²) in [5, 5.41) is 5.22. The second kappa shape index (κ2) is 10.3. The minimum atomic E-state index is -1.37. The summed E-state index contributed by atoms with van der Waals surface area (Å²) >= 11 is 37.4. The maximum absolute atomic E-state index is 13.0. The Hall–Kier alpha value is -1.86. The number of hydrogen-bond acceptors (Lipinski definition) is 3. The lowest BCUT2D eigenvalue weighted by Gasteiger charge is -2.20. The van der Waals surface area contributed by atoms with Crippen LogP contribution in [0.1, 0.15) is 21.8 Å². The number of anilines is 2. The number of carbonyl (C=O) groups excluding carboxylic acids is 2. The molecule has 182 valence electrons. The third kappa shape index (κ3) is 5.46. The Balaban J connectivity index is 1.49. The van der Waals surface area contributed by atoms with Gasteiger partial charge >= 0.3 is 0 Å². The molecule has 0 aliphatic heterocycles. The smallest absolute Gasteiger partial charge is 0.271 e. The number of halogens is 6. The van der Waals surface area contributed by atoms with Gasteiger partial charge in [0.2, 0.25) is 5.91 Å². The van der Waals surface area contributed by atoms with Gasteiger partial charge < -0.3 is 5.32 Å². The van der Waals surface area contributed by atoms with Gasteiger partial charge in [-0.1, -0.05) is 64.6 Å². The van der Waals surface area contributed by atoms with Crippen molar-refractivity contribution in [1.82, 2.24) is 5.43 Å². The first kappa shape index (κ1) is 26.2. The molecule has 11 heteroatoms. The van der Waals surface area contributed by atoms with Crippen molar-refractivity contribution in [3.8, 4) is 0 Å². The van der Waals surface area contributed by atoms with Crippen molar-refractivity contribution in [1.29, 1.82) is 0 Å². The zero-order valence-corrected chi connectivity index (χ0v) is 22.5. The van der Waals surface area contributed by atoms with E-state index in [1.807, 2.05) is 30.3 Å². The third-order valence-corrected chi connectivity index (χ3v) is 8.06. The lowest BCUT2D eigenvalue weighted by molar-refractivity contribution is -0.117. The molecule has 4 rings (SSSR count). The molecule has 1 aliphatic rings. The largest absolute Gasteiger partial charge is 0.326 e. The fourth-order valence-corrected chi connectivity index (χ4v) is 5.39. The minimum absolute atomic E-state index is 0.180. The van der Waals surface area contributed by atoms with Crippen molar-refractivity contribution in [2.75, 3.05) is 17.4 Å². The predicted octanol–water partition coefficient (Wildman–Crippen LogP) is 7.61. The van der Waals surface area contributed by atoms with Crippen LogP contribution in [0.2, 0.25) is 20.1 Å². The standard InChI is InChI=1S/C24H17Cl6N3O2/c1-33(14-5-3-2-4-6-14)32-22(34)15-11-13(7-8-16(15)25)31-23(35)20-19(24(20,29)30)12-9-17(26)21(28)18(27)10-12/h2-11,19-20H,1H3,(H,31,35)(H,32,34)/t19-,20+/m0/s1. The number of nitrogens with zero attached hydrogens (tertiary/aromatic N) is 1. The monoisotopic (exact) mass is 589 g/mol. The Bertz CT molecular complexity index is 1280. The van der Waals surface area contributed by atoms with Gasteiger partial charge in [-0.05, 0) is 48.0 Å². The predicted molar refractivity (Wildman–Crippen MR) is 145 cm³/mol. The van der Waals surface area contributed by atoms with Gasteiger partial charge in [0, 0.05) is 18.7 Å². The molecular weight excluding hydrogens is 575 g/mol. The molecule has 0 aromatic heterocycles. The molecule has 35 heavy (non-hydrogen) atoms. The van der Waals surface area contributed by atoms with Gasteiger partial charge in [-0.2, -0.15) is 0 Å². The van der Waals surface area contributed by atoms with E-state index in [1.54, 1.807) is 30.3 Å². The number of hydrazine groups is 1. The van der Waals surface area contributed by atoms with Crippen molar-refractivity contribution in [3.63, 3.8) is 0 Å². The number of rotatable bonds is 6. The van der Waals surface area contributed by atoms with Crippen LogP contribution in [0.4, 0.5) is 11.4 Å². The van der Waals surface area contributed by atoms with Gasteiger partial charge in [0.25, 0.3) is 5.91 Å². The molecule has 0 spiro atoms. The average molecular weight is 592 g/mol. The van der Waals surface area contributed by atoms with Crippen molar-refractivity contribution in [2.24, 2.45) is 5.92 Å². The van der Waals surface area contributed by atoms with E-state index in [4.69, 9.17) is 69.6 Å². The Labute approximate surface area is 232 Å². The van der Waals surface area contributed by atoms with Gasteiger partial charge in [-0.15, -0.1) is 23.2 Å². The van der Waals surface area contributed by atoms with E-state index in [0.29, 0.717) is 11.3 Å². The molecule has 1 aliphatic carbocycles. The first-order valence-corrected chi connectivity index (χ1v) is 12.5. The van der Waals surface area contributed by atoms with E-state index < -0.39 is 28.0 Å². The molecule has 2 atom stereocenters. The van der Waals surface area contributed by atoms with Crippen molar-refractivity contribution in [2.45, 2.75) is 10.3 Å². The van der Waals surface area contributed by atoms with Crippen LogP contribution in [0, 0.1) is 5.92 Å². The van der Waals surface area contributed by atoms with Gasteiger partial charge in [0.05, 0.1) is 37.3 Å². The second-order valence-electron chi connectivity index (χ2n) is 7.95. The molecule has 2 N–H and O–H groups in total. The van der Waals surface area contributed by atoms with Crippen LogP contribution in [-0.2, 0) is 4.79 Å². The summed E-state index contributed by atoms with van der Waals surface area (Å²) in [6.07, 6.45) is 0. The number of nitrogens with one attached hydrogen (secondary N) is 2. The first-order valence-electron chi connectivity index (χ1n) is 10.2. The summed E-state index contributed by atoms with van der Waals surface area (Å²) in [5.41, 5.74) is 4.65. The highest BCUT2D eigenvalue weighted by molar-refractivity contribution is 6.54. The van der Waals surface area contributed by atoms with Crippen LogP contribution in [-0.4, -0.2) is 23.2 Å². The Morgan fingerprint density at radius 2 is 1.51 bits per heavy atom. The summed E-state index contributed by atoms with van der Waals surface area (Å²) in [6, 6.07) is 17.0. The summed E-state index contributed by atoms with van der Waals surface area (Å²) < 4.78 is -1.37. The van der Waals surface area contributed by atoms with Crippen LogP contribution in [0.3, 0.4) is 0 Å². The molecule has 0 unspecified atom stereocenters. The normalized spacial score (nSPS) is 18.0. The zero-order valence-electron chi connectivity index (χ0n) is 18.0. The molecule has 0 bridgehead atoms. The van der Waals surface area contributed by atoms with Crippen LogP contribution >= 0.6 is 69.6 Å². The molecule has 5 nitrogen and oxygen atoms in total. The summed E-state index contributed by atoms with van der Waals surface area (Å²) in [5.74, 6) is -2.21. The zero-order chi connectivity index (χ0) is 25.5. The second-order valence-corrected chi connectivity index (χ2v) is 11.0. The minimum Gasteiger partial charge on any atom is -0.326 e. The molecule has 0 heterocycles. The Morgan fingerprint density at radius 3 is 2.14 bits per heavy atom. The molecule has 3 aromatic rings. The summed E-state index contributed by atoms with van der Waals surface area (Å²) in [7, 11) is 1.70. The lowest BCUT2D eigenvalue weighted by atomic mass is 10.1. The van der Waals surface area contributed by atoms with Gasteiger partial charge in [0.15, 0.2) is 0 Å². The van der Waals surface area contributed by atoms with Crippen molar-refractivity contribution < 1.29 is 9.59 Å². The number of alkyl halides is 2. The van der Waals surface area contributed by atoms with E-state index in [9.17, 15) is 9.59 Å². The van der Waals surface area contributed by atoms with Crippen molar-refractivity contribution in [3.05, 3.63) is 91.9 Å². The van der Waals surface area contributed by atoms with Crippen LogP contribution < -0.4 is 15.8 Å². The quantitative estimate of drug-likeness (QED) is 0.176. The molecule has 2 amide bonds. The SMILES string of the molecule is CN(NC(=O)c1cc(NC(=O)[C@H]2[C@H](c3cc(Cl)c(Cl)c(Cl)c3)C2(Cl)Cl)ccc1Cl)c1ccccc1.